The summed E-state index contributed by atoms with van der Waals surface area (Å²) in [5, 5.41) is 5.71. The van der Waals surface area contributed by atoms with Crippen LogP contribution in [0.2, 0.25) is 0 Å². The SMILES string of the molecule is Cc1ccc2nn(CCN)c(C)c2c1. The van der Waals surface area contributed by atoms with Crippen LogP contribution in [0.4, 0.5) is 0 Å². The zero-order valence-corrected chi connectivity index (χ0v) is 8.62. The zero-order valence-electron chi connectivity index (χ0n) is 8.62. The van der Waals surface area contributed by atoms with Crippen LogP contribution in [-0.4, -0.2) is 16.3 Å². The Bertz CT molecular complexity index is 457. The van der Waals surface area contributed by atoms with Gasteiger partial charge < -0.3 is 5.73 Å². The van der Waals surface area contributed by atoms with Crippen LogP contribution in [0.1, 0.15) is 11.3 Å². The third-order valence-corrected chi connectivity index (χ3v) is 2.50. The molecule has 0 spiro atoms. The van der Waals surface area contributed by atoms with E-state index in [1.54, 1.807) is 0 Å². The normalized spacial score (nSPS) is 11.1. The number of rotatable bonds is 2. The molecule has 0 amide bonds. The second-order valence-corrected chi connectivity index (χ2v) is 3.62. The standard InChI is InChI=1S/C11H15N3/c1-8-3-4-11-10(7-8)9(2)14(13-11)6-5-12/h3-4,7H,5-6,12H2,1-2H3. The molecule has 3 heteroatoms. The minimum Gasteiger partial charge on any atom is -0.329 e. The quantitative estimate of drug-likeness (QED) is 0.780. The third-order valence-electron chi connectivity index (χ3n) is 2.50. The molecule has 0 radical (unpaired) electrons. The highest BCUT2D eigenvalue weighted by molar-refractivity contribution is 5.82. The number of fused-ring (bicyclic) bond motifs is 1. The number of nitrogens with two attached hydrogens (primary N) is 1. The lowest BCUT2D eigenvalue weighted by Crippen LogP contribution is -2.11. The van der Waals surface area contributed by atoms with Crippen LogP contribution in [0.5, 0.6) is 0 Å². The van der Waals surface area contributed by atoms with Crippen molar-refractivity contribution in [1.82, 2.24) is 9.78 Å². The molecule has 0 aliphatic rings. The van der Waals surface area contributed by atoms with Gasteiger partial charge in [0, 0.05) is 17.6 Å². The maximum atomic E-state index is 5.52. The predicted octanol–water partition coefficient (Wildman–Crippen LogP) is 1.61. The molecule has 1 aromatic carbocycles. The largest absolute Gasteiger partial charge is 0.329 e. The summed E-state index contributed by atoms with van der Waals surface area (Å²) in [6.45, 7) is 5.61. The second-order valence-electron chi connectivity index (χ2n) is 3.62. The van der Waals surface area contributed by atoms with Crippen LogP contribution in [0.15, 0.2) is 18.2 Å². The van der Waals surface area contributed by atoms with Crippen molar-refractivity contribution in [3.8, 4) is 0 Å². The lowest BCUT2D eigenvalue weighted by atomic mass is 10.1. The van der Waals surface area contributed by atoms with Crippen LogP contribution < -0.4 is 5.73 Å². The van der Waals surface area contributed by atoms with E-state index in [0.29, 0.717) is 6.54 Å². The molecule has 0 unspecified atom stereocenters. The van der Waals surface area contributed by atoms with Crippen molar-refractivity contribution in [3.63, 3.8) is 0 Å². The summed E-state index contributed by atoms with van der Waals surface area (Å²) in [6, 6.07) is 6.32. The van der Waals surface area contributed by atoms with Crippen LogP contribution in [-0.2, 0) is 6.54 Å². The highest BCUT2D eigenvalue weighted by Gasteiger charge is 2.05. The summed E-state index contributed by atoms with van der Waals surface area (Å²) < 4.78 is 1.98. The zero-order chi connectivity index (χ0) is 10.1. The summed E-state index contributed by atoms with van der Waals surface area (Å²) in [5.41, 5.74) is 9.05. The number of nitrogens with zero attached hydrogens (tertiary/aromatic N) is 2. The van der Waals surface area contributed by atoms with Crippen molar-refractivity contribution in [3.05, 3.63) is 29.5 Å². The van der Waals surface area contributed by atoms with E-state index >= 15 is 0 Å². The van der Waals surface area contributed by atoms with Gasteiger partial charge in [0.25, 0.3) is 0 Å². The molecule has 0 fully saturated rings. The summed E-state index contributed by atoms with van der Waals surface area (Å²) in [7, 11) is 0. The maximum absolute atomic E-state index is 5.52. The van der Waals surface area contributed by atoms with Crippen molar-refractivity contribution < 1.29 is 0 Å². The van der Waals surface area contributed by atoms with Gasteiger partial charge in [-0.05, 0) is 26.0 Å². The minimum absolute atomic E-state index is 0.633. The van der Waals surface area contributed by atoms with E-state index < -0.39 is 0 Å². The van der Waals surface area contributed by atoms with E-state index in [-0.39, 0.29) is 0 Å². The molecule has 0 aliphatic carbocycles. The number of hydrogen-bond donors (Lipinski definition) is 1. The average Bonchev–Trinajstić information content (AvgIpc) is 2.46. The van der Waals surface area contributed by atoms with Gasteiger partial charge in [-0.15, -0.1) is 0 Å². The summed E-state index contributed by atoms with van der Waals surface area (Å²) >= 11 is 0. The van der Waals surface area contributed by atoms with Gasteiger partial charge in [-0.1, -0.05) is 11.6 Å². The molecule has 1 aromatic heterocycles. The molecule has 0 atom stereocenters. The van der Waals surface area contributed by atoms with Gasteiger partial charge in [-0.25, -0.2) is 0 Å². The van der Waals surface area contributed by atoms with Crippen LogP contribution >= 0.6 is 0 Å². The first-order valence-electron chi connectivity index (χ1n) is 4.86. The fraction of sp³-hybridized carbons (Fsp3) is 0.364. The lowest BCUT2D eigenvalue weighted by Gasteiger charge is -1.99. The first-order chi connectivity index (χ1) is 6.72. The van der Waals surface area contributed by atoms with Crippen molar-refractivity contribution in [1.29, 1.82) is 0 Å². The number of benzene rings is 1. The van der Waals surface area contributed by atoms with E-state index in [4.69, 9.17) is 5.73 Å². The third kappa shape index (κ3) is 1.40. The molecule has 3 nitrogen and oxygen atoms in total. The van der Waals surface area contributed by atoms with Crippen LogP contribution in [0.3, 0.4) is 0 Å². The van der Waals surface area contributed by atoms with E-state index in [9.17, 15) is 0 Å². The van der Waals surface area contributed by atoms with Gasteiger partial charge in [0.1, 0.15) is 0 Å². The fourth-order valence-electron chi connectivity index (χ4n) is 1.71. The van der Waals surface area contributed by atoms with Crippen molar-refractivity contribution in [2.75, 3.05) is 6.54 Å². The molecule has 74 valence electrons. The van der Waals surface area contributed by atoms with Crippen molar-refractivity contribution >= 4 is 10.9 Å². The Hall–Kier alpha value is -1.35. The molecule has 2 N–H and O–H groups in total. The van der Waals surface area contributed by atoms with E-state index in [1.807, 2.05) is 4.68 Å². The maximum Gasteiger partial charge on any atom is 0.0926 e. The Kier molecular flexibility index (Phi) is 2.25. The molecule has 2 aromatic rings. The molecular formula is C11H15N3. The summed E-state index contributed by atoms with van der Waals surface area (Å²) in [5.74, 6) is 0. The Morgan fingerprint density at radius 2 is 2.14 bits per heavy atom. The second kappa shape index (κ2) is 3.42. The summed E-state index contributed by atoms with van der Waals surface area (Å²) in [4.78, 5) is 0. The highest BCUT2D eigenvalue weighted by atomic mass is 15.3. The number of hydrogen-bond acceptors (Lipinski definition) is 2. The van der Waals surface area contributed by atoms with Gasteiger partial charge in [0.05, 0.1) is 12.1 Å². The number of aromatic nitrogens is 2. The van der Waals surface area contributed by atoms with Crippen LogP contribution in [0.25, 0.3) is 10.9 Å². The molecule has 0 bridgehead atoms. The van der Waals surface area contributed by atoms with Gasteiger partial charge in [-0.2, -0.15) is 5.10 Å². The molecular weight excluding hydrogens is 174 g/mol. The molecule has 14 heavy (non-hydrogen) atoms. The van der Waals surface area contributed by atoms with Gasteiger partial charge >= 0.3 is 0 Å². The average molecular weight is 189 g/mol. The van der Waals surface area contributed by atoms with Gasteiger partial charge in [0.15, 0.2) is 0 Å². The summed E-state index contributed by atoms with van der Waals surface area (Å²) in [6.07, 6.45) is 0. The fourth-order valence-corrected chi connectivity index (χ4v) is 1.71. The first-order valence-corrected chi connectivity index (χ1v) is 4.86. The molecule has 2 rings (SSSR count). The smallest absolute Gasteiger partial charge is 0.0926 e. The van der Waals surface area contributed by atoms with Crippen molar-refractivity contribution in [2.45, 2.75) is 20.4 Å². The highest BCUT2D eigenvalue weighted by Crippen LogP contribution is 2.18. The Morgan fingerprint density at radius 1 is 1.36 bits per heavy atom. The lowest BCUT2D eigenvalue weighted by molar-refractivity contribution is 0.614. The molecule has 0 aliphatic heterocycles. The van der Waals surface area contributed by atoms with Crippen LogP contribution in [0, 0.1) is 13.8 Å². The van der Waals surface area contributed by atoms with Gasteiger partial charge in [0.2, 0.25) is 0 Å². The Morgan fingerprint density at radius 3 is 2.86 bits per heavy atom. The molecule has 0 saturated carbocycles. The number of aryl methyl sites for hydroxylation is 2. The van der Waals surface area contributed by atoms with E-state index in [0.717, 1.165) is 12.1 Å². The van der Waals surface area contributed by atoms with Gasteiger partial charge in [-0.3, -0.25) is 4.68 Å². The first kappa shape index (κ1) is 9.21. The Balaban J connectivity index is 2.62. The Labute approximate surface area is 83.5 Å². The minimum atomic E-state index is 0.633. The predicted molar refractivity (Wildman–Crippen MR) is 58.3 cm³/mol. The molecule has 0 saturated heterocycles. The monoisotopic (exact) mass is 189 g/mol. The topological polar surface area (TPSA) is 43.8 Å². The van der Waals surface area contributed by atoms with Crippen molar-refractivity contribution in [2.24, 2.45) is 5.73 Å². The van der Waals surface area contributed by atoms with E-state index in [1.165, 1.54) is 16.6 Å². The van der Waals surface area contributed by atoms with E-state index in [2.05, 4.69) is 37.1 Å². The molecule has 1 heterocycles.